The predicted octanol–water partition coefficient (Wildman–Crippen LogP) is 6.72. The van der Waals surface area contributed by atoms with E-state index in [1.807, 2.05) is 4.90 Å². The third-order valence-corrected chi connectivity index (χ3v) is 16.9. The first kappa shape index (κ1) is 36.2. The van der Waals surface area contributed by atoms with Gasteiger partial charge in [0, 0.05) is 51.9 Å². The highest BCUT2D eigenvalue weighted by Crippen LogP contribution is 2.89. The molecule has 6 aliphatic carbocycles. The van der Waals surface area contributed by atoms with Crippen LogP contribution in [-0.2, 0) is 23.8 Å². The summed E-state index contributed by atoms with van der Waals surface area (Å²) in [5, 5.41) is 14.9. The second-order valence-corrected chi connectivity index (χ2v) is 19.1. The largest absolute Gasteiger partial charge is 0.393 e. The van der Waals surface area contributed by atoms with Crippen LogP contribution in [0, 0.1) is 56.7 Å². The van der Waals surface area contributed by atoms with Crippen molar-refractivity contribution in [3.63, 3.8) is 0 Å². The van der Waals surface area contributed by atoms with Crippen molar-refractivity contribution in [2.75, 3.05) is 33.9 Å². The molecule has 1 saturated heterocycles. The number of aliphatic hydroxyl groups excluding tert-OH is 1. The summed E-state index contributed by atoms with van der Waals surface area (Å²) in [6.07, 6.45) is 15.2. The number of nitrogens with zero attached hydrogens (tertiary/aromatic N) is 1. The third kappa shape index (κ3) is 5.75. The lowest BCUT2D eigenvalue weighted by Crippen LogP contribution is -2.60. The highest BCUT2D eigenvalue weighted by Gasteiger charge is 2.83. The van der Waals surface area contributed by atoms with Gasteiger partial charge in [0.15, 0.2) is 6.29 Å². The maximum Gasteiger partial charge on any atom is 0.222 e. The van der Waals surface area contributed by atoms with Gasteiger partial charge in [0.1, 0.15) is 0 Å². The molecule has 6 saturated carbocycles. The normalized spacial score (nSPS) is 45.2. The molecule has 1 heterocycles. The van der Waals surface area contributed by atoms with Crippen molar-refractivity contribution in [3.05, 3.63) is 0 Å². The van der Waals surface area contributed by atoms with Crippen LogP contribution in [0.2, 0.25) is 0 Å². The number of hydrogen-bond donors (Lipinski definition) is 2. The molecule has 2 amide bonds. The molecule has 8 heteroatoms. The molecule has 2 N–H and O–H groups in total. The maximum atomic E-state index is 12.8. The molecule has 0 aromatic carbocycles. The zero-order valence-electron chi connectivity index (χ0n) is 31.9. The molecule has 7 aliphatic rings. The van der Waals surface area contributed by atoms with Crippen molar-refractivity contribution in [1.29, 1.82) is 0 Å². The number of methoxy groups -OCH3 is 1. The second-order valence-electron chi connectivity index (χ2n) is 19.1. The molecule has 0 bridgehead atoms. The van der Waals surface area contributed by atoms with Gasteiger partial charge in [-0.2, -0.15) is 0 Å². The summed E-state index contributed by atoms with van der Waals surface area (Å²) in [6.45, 7) is 14.3. The first-order valence-corrected chi connectivity index (χ1v) is 20.2. The van der Waals surface area contributed by atoms with Gasteiger partial charge in [0.05, 0.1) is 24.9 Å². The van der Waals surface area contributed by atoms with Gasteiger partial charge in [0.2, 0.25) is 11.8 Å². The molecule has 7 fully saturated rings. The Kier molecular flexibility index (Phi) is 9.61. The fraction of sp³-hybridized carbons (Fsp3) is 0.951. The van der Waals surface area contributed by atoms with Gasteiger partial charge < -0.3 is 29.5 Å². The van der Waals surface area contributed by atoms with E-state index < -0.39 is 0 Å². The smallest absolute Gasteiger partial charge is 0.222 e. The fourth-order valence-corrected chi connectivity index (χ4v) is 13.8. The minimum Gasteiger partial charge on any atom is -0.393 e. The monoisotopic (exact) mass is 685 g/mol. The Bertz CT molecular complexity index is 1250. The zero-order valence-corrected chi connectivity index (χ0v) is 31.9. The highest BCUT2D eigenvalue weighted by atomic mass is 16.7. The number of carbonyl (C=O) groups excluding carboxylic acids is 2. The standard InChI is InChI=1S/C41H68N2O6/c1-26(22-28(47-7)10-13-34(45)42-6)29-24-32(44)39(5)31-12-11-30-37(2,3)33(14-16-40(30)25-41(31,40)18-17-38(29,39)4)49-36-15-19-43(20-21-48-36)35(46)23-27-8-9-27/h26-33,36,44H,8-25H2,1-7H3,(H,42,45)/t26-,28?,29-,30+,31?,32+,33?,36?,38?,39-,40?,41?/m1/s1. The van der Waals surface area contributed by atoms with Crippen LogP contribution < -0.4 is 5.32 Å². The van der Waals surface area contributed by atoms with Crippen molar-refractivity contribution in [1.82, 2.24) is 10.2 Å². The summed E-state index contributed by atoms with van der Waals surface area (Å²) in [5.41, 5.74) is 0.774. The molecular formula is C41H68N2O6. The van der Waals surface area contributed by atoms with Gasteiger partial charge in [-0.3, -0.25) is 9.59 Å². The van der Waals surface area contributed by atoms with E-state index in [1.165, 1.54) is 51.4 Å². The van der Waals surface area contributed by atoms with Gasteiger partial charge in [-0.1, -0.05) is 34.6 Å². The molecular weight excluding hydrogens is 616 g/mol. The van der Waals surface area contributed by atoms with Crippen LogP contribution in [0.1, 0.15) is 131 Å². The van der Waals surface area contributed by atoms with E-state index >= 15 is 0 Å². The molecule has 8 nitrogen and oxygen atoms in total. The van der Waals surface area contributed by atoms with E-state index in [9.17, 15) is 14.7 Å². The van der Waals surface area contributed by atoms with Gasteiger partial charge >= 0.3 is 0 Å². The fourth-order valence-electron chi connectivity index (χ4n) is 13.8. The number of rotatable bonds is 11. The van der Waals surface area contributed by atoms with Crippen molar-refractivity contribution in [3.8, 4) is 0 Å². The maximum absolute atomic E-state index is 12.8. The first-order chi connectivity index (χ1) is 23.3. The van der Waals surface area contributed by atoms with Crippen LogP contribution in [0.5, 0.6) is 0 Å². The number of carbonyl (C=O) groups is 2. The zero-order chi connectivity index (χ0) is 35.0. The average Bonchev–Trinajstić information content (AvgIpc) is 3.99. The minimum absolute atomic E-state index is 0.0563. The number of ether oxygens (including phenoxy) is 3. The van der Waals surface area contributed by atoms with Crippen molar-refractivity contribution in [2.45, 2.75) is 156 Å². The van der Waals surface area contributed by atoms with Crippen molar-refractivity contribution >= 4 is 11.8 Å². The number of hydrogen-bond acceptors (Lipinski definition) is 6. The molecule has 49 heavy (non-hydrogen) atoms. The second kappa shape index (κ2) is 13.0. The van der Waals surface area contributed by atoms with Crippen LogP contribution in [0.25, 0.3) is 0 Å². The van der Waals surface area contributed by atoms with Gasteiger partial charge in [0.25, 0.3) is 0 Å². The predicted molar refractivity (Wildman–Crippen MR) is 189 cm³/mol. The van der Waals surface area contributed by atoms with Crippen LogP contribution in [0.3, 0.4) is 0 Å². The molecule has 2 spiro atoms. The van der Waals surface area contributed by atoms with Gasteiger partial charge in [-0.15, -0.1) is 0 Å². The lowest BCUT2D eigenvalue weighted by atomic mass is 9.41. The summed E-state index contributed by atoms with van der Waals surface area (Å²) in [5.74, 6) is 3.05. The summed E-state index contributed by atoms with van der Waals surface area (Å²) in [6, 6.07) is 0. The Morgan fingerprint density at radius 3 is 2.43 bits per heavy atom. The lowest BCUT2D eigenvalue weighted by molar-refractivity contribution is -0.232. The Morgan fingerprint density at radius 2 is 1.71 bits per heavy atom. The Morgan fingerprint density at radius 1 is 0.980 bits per heavy atom. The summed E-state index contributed by atoms with van der Waals surface area (Å²) < 4.78 is 19.1. The quantitative estimate of drug-likeness (QED) is 0.251. The Balaban J connectivity index is 1.02. The average molecular weight is 685 g/mol. The Labute approximate surface area is 296 Å². The molecule has 0 aromatic heterocycles. The van der Waals surface area contributed by atoms with E-state index in [4.69, 9.17) is 14.2 Å². The molecule has 0 radical (unpaired) electrons. The molecule has 1 aliphatic heterocycles. The van der Waals surface area contributed by atoms with E-state index in [0.717, 1.165) is 38.6 Å². The molecule has 7 rings (SSSR count). The minimum atomic E-state index is -0.274. The number of fused-ring (bicyclic) bond motifs is 2. The first-order valence-electron chi connectivity index (χ1n) is 20.2. The highest BCUT2D eigenvalue weighted by molar-refractivity contribution is 5.76. The van der Waals surface area contributed by atoms with Crippen LogP contribution >= 0.6 is 0 Å². The Hall–Kier alpha value is -1.22. The van der Waals surface area contributed by atoms with E-state index in [2.05, 4.69) is 39.9 Å². The van der Waals surface area contributed by atoms with E-state index in [-0.39, 0.29) is 46.8 Å². The van der Waals surface area contributed by atoms with Crippen molar-refractivity contribution < 1.29 is 28.9 Å². The number of nitrogens with one attached hydrogen (secondary N) is 1. The molecule has 0 aromatic rings. The van der Waals surface area contributed by atoms with Crippen LogP contribution in [-0.4, -0.2) is 80.3 Å². The van der Waals surface area contributed by atoms with E-state index in [0.29, 0.717) is 72.3 Å². The molecule has 12 atom stereocenters. The topological polar surface area (TPSA) is 97.3 Å². The van der Waals surface area contributed by atoms with Gasteiger partial charge in [-0.05, 0) is 128 Å². The summed E-state index contributed by atoms with van der Waals surface area (Å²) in [4.78, 5) is 26.8. The number of aliphatic hydroxyl groups is 1. The third-order valence-electron chi connectivity index (χ3n) is 16.9. The SMILES string of the molecule is CNC(=O)CCC(C[C@@H](C)[C@H]1C[C@H](O)[C@@]2(C)C3CC[C@H]4C(C)(C)C(OC5CCN(C(=O)CC6CC6)CCO5)CCC45CC35CCC12C)OC. The summed E-state index contributed by atoms with van der Waals surface area (Å²) in [7, 11) is 3.48. The molecule has 7 unspecified atom stereocenters. The van der Waals surface area contributed by atoms with Crippen LogP contribution in [0.4, 0.5) is 0 Å². The summed E-state index contributed by atoms with van der Waals surface area (Å²) >= 11 is 0. The number of amides is 2. The van der Waals surface area contributed by atoms with Crippen LogP contribution in [0.15, 0.2) is 0 Å². The lowest BCUT2D eigenvalue weighted by Gasteiger charge is -2.64. The van der Waals surface area contributed by atoms with Gasteiger partial charge in [-0.25, -0.2) is 0 Å². The van der Waals surface area contributed by atoms with Crippen molar-refractivity contribution in [2.24, 2.45) is 56.7 Å². The van der Waals surface area contributed by atoms with E-state index in [1.54, 1.807) is 14.2 Å². The molecule has 278 valence electrons.